The van der Waals surface area contributed by atoms with E-state index in [1.807, 2.05) is 12.1 Å². The van der Waals surface area contributed by atoms with Crippen molar-refractivity contribution in [2.45, 2.75) is 44.8 Å². The van der Waals surface area contributed by atoms with Gasteiger partial charge in [0.15, 0.2) is 0 Å². The number of benzene rings is 1. The van der Waals surface area contributed by atoms with Gasteiger partial charge in [0.1, 0.15) is 0 Å². The molecule has 0 radical (unpaired) electrons. The average Bonchev–Trinajstić information content (AvgIpc) is 2.56. The van der Waals surface area contributed by atoms with Crippen LogP contribution in [0.25, 0.3) is 0 Å². The molecule has 116 valence electrons. The molecule has 4 heteroatoms. The molecule has 1 aromatic carbocycles. The summed E-state index contributed by atoms with van der Waals surface area (Å²) in [5, 5.41) is 9.87. The number of nitrogens with zero attached hydrogens (tertiary/aromatic N) is 2. The summed E-state index contributed by atoms with van der Waals surface area (Å²) in [6, 6.07) is 6.79. The summed E-state index contributed by atoms with van der Waals surface area (Å²) < 4.78 is 0. The van der Waals surface area contributed by atoms with Crippen molar-refractivity contribution < 1.29 is 5.11 Å². The molecule has 21 heavy (non-hydrogen) atoms. The Balaban J connectivity index is 1.58. The first-order chi connectivity index (χ1) is 10.3. The second kappa shape index (κ2) is 6.99. The van der Waals surface area contributed by atoms with Crippen LogP contribution in [0.3, 0.4) is 0 Å². The molecule has 3 rings (SSSR count). The molecule has 0 spiro atoms. The molecule has 2 saturated heterocycles. The summed E-state index contributed by atoms with van der Waals surface area (Å²) in [6.45, 7) is 4.81. The largest absolute Gasteiger partial charge is 0.392 e. The summed E-state index contributed by atoms with van der Waals surface area (Å²) >= 11 is 6.20. The van der Waals surface area contributed by atoms with Crippen molar-refractivity contribution in [2.75, 3.05) is 31.1 Å². The predicted molar refractivity (Wildman–Crippen MR) is 88.0 cm³/mol. The van der Waals surface area contributed by atoms with Crippen molar-refractivity contribution in [2.24, 2.45) is 0 Å². The van der Waals surface area contributed by atoms with Crippen LogP contribution in [0.5, 0.6) is 0 Å². The van der Waals surface area contributed by atoms with Gasteiger partial charge in [0, 0.05) is 29.8 Å². The molecular weight excluding hydrogens is 284 g/mol. The normalized spacial score (nSPS) is 21.7. The highest BCUT2D eigenvalue weighted by Gasteiger charge is 2.25. The van der Waals surface area contributed by atoms with E-state index in [-0.39, 0.29) is 6.61 Å². The molecule has 0 saturated carbocycles. The van der Waals surface area contributed by atoms with E-state index < -0.39 is 0 Å². The Bertz CT molecular complexity index is 466. The van der Waals surface area contributed by atoms with E-state index in [2.05, 4.69) is 15.9 Å². The van der Waals surface area contributed by atoms with Gasteiger partial charge in [-0.25, -0.2) is 0 Å². The fourth-order valence-electron chi connectivity index (χ4n) is 3.63. The highest BCUT2D eigenvalue weighted by Crippen LogP contribution is 2.28. The third-order valence-corrected chi connectivity index (χ3v) is 5.30. The zero-order valence-corrected chi connectivity index (χ0v) is 13.4. The fourth-order valence-corrected chi connectivity index (χ4v) is 3.87. The summed E-state index contributed by atoms with van der Waals surface area (Å²) in [5.41, 5.74) is 2.00. The van der Waals surface area contributed by atoms with Gasteiger partial charge in [-0.3, -0.25) is 0 Å². The molecule has 0 bridgehead atoms. The predicted octanol–water partition coefficient (Wildman–Crippen LogP) is 3.29. The van der Waals surface area contributed by atoms with Crippen molar-refractivity contribution in [3.05, 3.63) is 28.8 Å². The van der Waals surface area contributed by atoms with Crippen LogP contribution < -0.4 is 4.90 Å². The van der Waals surface area contributed by atoms with Gasteiger partial charge in [-0.05, 0) is 56.5 Å². The monoisotopic (exact) mass is 308 g/mol. The van der Waals surface area contributed by atoms with Crippen LogP contribution in [0.4, 0.5) is 5.69 Å². The van der Waals surface area contributed by atoms with Crippen molar-refractivity contribution in [3.63, 3.8) is 0 Å². The lowest BCUT2D eigenvalue weighted by atomic mass is 9.99. The number of hydrogen-bond donors (Lipinski definition) is 1. The maximum atomic E-state index is 9.20. The molecular formula is C17H25ClN2O. The SMILES string of the molecule is OCc1ccc(N2CCC(N3CCCCC3)CC2)cc1Cl. The highest BCUT2D eigenvalue weighted by atomic mass is 35.5. The van der Waals surface area contributed by atoms with Gasteiger partial charge in [0.25, 0.3) is 0 Å². The van der Waals surface area contributed by atoms with Gasteiger partial charge in [0.2, 0.25) is 0 Å². The van der Waals surface area contributed by atoms with E-state index >= 15 is 0 Å². The molecule has 2 aliphatic rings. The summed E-state index contributed by atoms with van der Waals surface area (Å²) in [6.07, 6.45) is 6.65. The Labute approximate surface area is 132 Å². The van der Waals surface area contributed by atoms with Crippen molar-refractivity contribution >= 4 is 17.3 Å². The van der Waals surface area contributed by atoms with E-state index in [0.29, 0.717) is 5.02 Å². The standard InChI is InChI=1S/C17H25ClN2O/c18-17-12-16(5-4-14(17)13-21)20-10-6-15(7-11-20)19-8-2-1-3-9-19/h4-5,12,15,21H,1-3,6-11,13H2. The Kier molecular flexibility index (Phi) is 5.04. The van der Waals surface area contributed by atoms with Gasteiger partial charge in [-0.1, -0.05) is 24.1 Å². The molecule has 1 aromatic rings. The topological polar surface area (TPSA) is 26.7 Å². The smallest absolute Gasteiger partial charge is 0.0696 e. The fraction of sp³-hybridized carbons (Fsp3) is 0.647. The summed E-state index contributed by atoms with van der Waals surface area (Å²) in [5.74, 6) is 0. The van der Waals surface area contributed by atoms with Crippen LogP contribution in [0.15, 0.2) is 18.2 Å². The van der Waals surface area contributed by atoms with Gasteiger partial charge in [-0.2, -0.15) is 0 Å². The molecule has 2 heterocycles. The molecule has 0 atom stereocenters. The Morgan fingerprint density at radius 3 is 2.38 bits per heavy atom. The van der Waals surface area contributed by atoms with Crippen LogP contribution in [0.2, 0.25) is 5.02 Å². The van der Waals surface area contributed by atoms with E-state index in [1.165, 1.54) is 50.9 Å². The number of likely N-dealkylation sites (tertiary alicyclic amines) is 1. The van der Waals surface area contributed by atoms with Gasteiger partial charge >= 0.3 is 0 Å². The maximum absolute atomic E-state index is 9.20. The number of aliphatic hydroxyl groups excluding tert-OH is 1. The second-order valence-electron chi connectivity index (χ2n) is 6.25. The lowest BCUT2D eigenvalue weighted by Gasteiger charge is -2.41. The zero-order chi connectivity index (χ0) is 14.7. The van der Waals surface area contributed by atoms with E-state index in [0.717, 1.165) is 24.7 Å². The molecule has 0 aliphatic carbocycles. The van der Waals surface area contributed by atoms with Crippen LogP contribution in [-0.2, 0) is 6.61 Å². The Morgan fingerprint density at radius 2 is 1.76 bits per heavy atom. The molecule has 1 N–H and O–H groups in total. The van der Waals surface area contributed by atoms with E-state index in [4.69, 9.17) is 11.6 Å². The molecule has 2 aliphatic heterocycles. The molecule has 0 aromatic heterocycles. The first-order valence-electron chi connectivity index (χ1n) is 8.16. The lowest BCUT2D eigenvalue weighted by molar-refractivity contribution is 0.141. The first kappa shape index (κ1) is 15.1. The van der Waals surface area contributed by atoms with Crippen molar-refractivity contribution in [3.8, 4) is 0 Å². The number of halogens is 1. The van der Waals surface area contributed by atoms with Gasteiger partial charge in [-0.15, -0.1) is 0 Å². The number of hydrogen-bond acceptors (Lipinski definition) is 3. The third-order valence-electron chi connectivity index (χ3n) is 4.94. The summed E-state index contributed by atoms with van der Waals surface area (Å²) in [7, 11) is 0. The molecule has 3 nitrogen and oxygen atoms in total. The molecule has 2 fully saturated rings. The van der Waals surface area contributed by atoms with Crippen LogP contribution >= 0.6 is 11.6 Å². The average molecular weight is 309 g/mol. The van der Waals surface area contributed by atoms with Crippen LogP contribution in [0, 0.1) is 0 Å². The third kappa shape index (κ3) is 3.53. The number of aliphatic hydroxyl groups is 1. The highest BCUT2D eigenvalue weighted by molar-refractivity contribution is 6.31. The van der Waals surface area contributed by atoms with Gasteiger partial charge in [0.05, 0.1) is 6.61 Å². The number of piperidine rings is 2. The van der Waals surface area contributed by atoms with Gasteiger partial charge < -0.3 is 14.9 Å². The number of rotatable bonds is 3. The van der Waals surface area contributed by atoms with Crippen LogP contribution in [-0.4, -0.2) is 42.2 Å². The Hall–Kier alpha value is -0.770. The van der Waals surface area contributed by atoms with Crippen molar-refractivity contribution in [1.29, 1.82) is 0 Å². The van der Waals surface area contributed by atoms with Crippen LogP contribution in [0.1, 0.15) is 37.7 Å². The minimum atomic E-state index is 0.0101. The van der Waals surface area contributed by atoms with E-state index in [9.17, 15) is 5.11 Å². The Morgan fingerprint density at radius 1 is 1.05 bits per heavy atom. The lowest BCUT2D eigenvalue weighted by Crippen LogP contribution is -2.46. The summed E-state index contributed by atoms with van der Waals surface area (Å²) in [4.78, 5) is 5.12. The quantitative estimate of drug-likeness (QED) is 0.928. The zero-order valence-electron chi connectivity index (χ0n) is 12.6. The minimum Gasteiger partial charge on any atom is -0.392 e. The minimum absolute atomic E-state index is 0.0101. The molecule has 0 amide bonds. The second-order valence-corrected chi connectivity index (χ2v) is 6.66. The maximum Gasteiger partial charge on any atom is 0.0696 e. The number of anilines is 1. The first-order valence-corrected chi connectivity index (χ1v) is 8.54. The molecule has 0 unspecified atom stereocenters. The van der Waals surface area contributed by atoms with Crippen molar-refractivity contribution in [1.82, 2.24) is 4.90 Å². The van der Waals surface area contributed by atoms with E-state index in [1.54, 1.807) is 0 Å².